The molecule has 13 heteroatoms. The molecule has 3 fully saturated rings. The van der Waals surface area contributed by atoms with E-state index in [1.807, 2.05) is 30.3 Å². The maximum atomic E-state index is 14.3. The number of amides is 2. The molecule has 0 spiro atoms. The van der Waals surface area contributed by atoms with E-state index in [0.717, 1.165) is 31.2 Å². The first kappa shape index (κ1) is 35.5. The predicted molar refractivity (Wildman–Crippen MR) is 180 cm³/mol. The minimum absolute atomic E-state index is 0.0147. The van der Waals surface area contributed by atoms with E-state index in [0.29, 0.717) is 24.3 Å². The number of Topliss-reactive ketones (excluding diaryl/α,β-unsaturated/α-hetero) is 2. The van der Waals surface area contributed by atoms with Gasteiger partial charge in [-0.3, -0.25) is 24.7 Å². The summed E-state index contributed by atoms with van der Waals surface area (Å²) in [6.07, 6.45) is 3.57. The number of nitrogens with zero attached hydrogens (tertiary/aromatic N) is 1. The third kappa shape index (κ3) is 9.02. The van der Waals surface area contributed by atoms with Gasteiger partial charge in [0, 0.05) is 24.7 Å². The molecule has 2 amide bonds. The number of hydrogen-bond donors (Lipinski definition) is 5. The molecule has 1 aliphatic carbocycles. The summed E-state index contributed by atoms with van der Waals surface area (Å²) >= 11 is 0. The molecule has 49 heavy (non-hydrogen) atoms. The molecule has 1 saturated carbocycles. The van der Waals surface area contributed by atoms with Crippen LogP contribution in [0.5, 0.6) is 0 Å². The third-order valence-corrected chi connectivity index (χ3v) is 9.85. The van der Waals surface area contributed by atoms with Crippen LogP contribution < -0.4 is 21.7 Å². The summed E-state index contributed by atoms with van der Waals surface area (Å²) in [6, 6.07) is 15.0. The van der Waals surface area contributed by atoms with Gasteiger partial charge in [0.05, 0.1) is 18.0 Å². The van der Waals surface area contributed by atoms with Gasteiger partial charge in [0.25, 0.3) is 0 Å². The lowest BCUT2D eigenvalue weighted by Gasteiger charge is -2.30. The van der Waals surface area contributed by atoms with E-state index in [9.17, 15) is 24.0 Å². The highest BCUT2D eigenvalue weighted by Gasteiger charge is 2.50. The van der Waals surface area contributed by atoms with Crippen molar-refractivity contribution in [2.45, 2.75) is 88.2 Å². The summed E-state index contributed by atoms with van der Waals surface area (Å²) < 4.78 is 10.7. The van der Waals surface area contributed by atoms with Crippen molar-refractivity contribution in [3.63, 3.8) is 0 Å². The van der Waals surface area contributed by atoms with Crippen molar-refractivity contribution < 1.29 is 33.4 Å². The molecule has 0 bridgehead atoms. The van der Waals surface area contributed by atoms with Crippen LogP contribution in [0, 0.1) is 17.2 Å². The molecule has 2 aromatic rings. The second kappa shape index (κ2) is 17.0. The smallest absolute Gasteiger partial charge is 0.418 e. The van der Waals surface area contributed by atoms with Crippen molar-refractivity contribution in [3.05, 3.63) is 71.8 Å². The number of ketones is 2. The van der Waals surface area contributed by atoms with Gasteiger partial charge in [-0.2, -0.15) is 0 Å². The van der Waals surface area contributed by atoms with Gasteiger partial charge in [0.15, 0.2) is 23.6 Å². The van der Waals surface area contributed by atoms with Gasteiger partial charge in [-0.25, -0.2) is 9.59 Å². The molecule has 2 aromatic carbocycles. The number of likely N-dealkylation sites (tertiary alicyclic amines) is 1. The highest BCUT2D eigenvalue weighted by Crippen LogP contribution is 2.36. The molecule has 3 aliphatic rings. The lowest BCUT2D eigenvalue weighted by Crippen LogP contribution is -2.55. The van der Waals surface area contributed by atoms with Crippen LogP contribution in [0.15, 0.2) is 60.7 Å². The zero-order valence-electron chi connectivity index (χ0n) is 27.5. The van der Waals surface area contributed by atoms with Gasteiger partial charge >= 0.3 is 12.6 Å². The maximum absolute atomic E-state index is 14.3. The van der Waals surface area contributed by atoms with Crippen LogP contribution >= 0.6 is 0 Å². The Morgan fingerprint density at radius 2 is 1.73 bits per heavy atom. The van der Waals surface area contributed by atoms with Gasteiger partial charge in [0.2, 0.25) is 5.91 Å². The van der Waals surface area contributed by atoms with Crippen LogP contribution in [0.1, 0.15) is 68.6 Å². The summed E-state index contributed by atoms with van der Waals surface area (Å²) in [5.74, 6) is -2.07. The Bertz CT molecular complexity index is 1460. The number of benzene rings is 2. The average Bonchev–Trinajstić information content (AvgIpc) is 3.76. The molecule has 6 N–H and O–H groups in total. The topological polar surface area (TPSA) is 193 Å². The van der Waals surface area contributed by atoms with Crippen LogP contribution in [0.25, 0.3) is 0 Å². The fourth-order valence-electron chi connectivity index (χ4n) is 7.44. The van der Waals surface area contributed by atoms with Gasteiger partial charge in [0.1, 0.15) is 12.6 Å². The average molecular weight is 674 g/mol. The molecule has 2 heterocycles. The summed E-state index contributed by atoms with van der Waals surface area (Å²) in [5, 5.41) is 16.4. The third-order valence-electron chi connectivity index (χ3n) is 9.85. The highest BCUT2D eigenvalue weighted by molar-refractivity contribution is 5.99. The monoisotopic (exact) mass is 673 g/mol. The summed E-state index contributed by atoms with van der Waals surface area (Å²) in [4.78, 5) is 68.6. The van der Waals surface area contributed by atoms with E-state index in [4.69, 9.17) is 20.6 Å². The van der Waals surface area contributed by atoms with E-state index in [2.05, 4.69) is 16.0 Å². The van der Waals surface area contributed by atoms with Crippen LogP contribution in [0.4, 0.5) is 4.79 Å². The number of ether oxygens (including phenoxy) is 2. The first-order chi connectivity index (χ1) is 23.8. The maximum Gasteiger partial charge on any atom is 0.418 e. The summed E-state index contributed by atoms with van der Waals surface area (Å²) in [7, 11) is 0. The predicted octanol–water partition coefficient (Wildman–Crippen LogP) is 2.65. The van der Waals surface area contributed by atoms with Crippen molar-refractivity contribution in [2.75, 3.05) is 13.1 Å². The zero-order chi connectivity index (χ0) is 34.8. The van der Waals surface area contributed by atoms with Gasteiger partial charge in [-0.1, -0.05) is 73.5 Å². The molecule has 2 saturated heterocycles. The zero-order valence-corrected chi connectivity index (χ0v) is 27.5. The number of guanidine groups is 1. The first-order valence-electron chi connectivity index (χ1n) is 17.0. The number of nitrogens with one attached hydrogen (secondary N) is 4. The van der Waals surface area contributed by atoms with Crippen molar-refractivity contribution >= 4 is 36.0 Å². The number of carbonyl (C=O) groups excluding carboxylic acids is 5. The second-order valence-corrected chi connectivity index (χ2v) is 13.0. The second-order valence-electron chi connectivity index (χ2n) is 13.0. The van der Waals surface area contributed by atoms with E-state index in [1.54, 1.807) is 30.3 Å². The van der Waals surface area contributed by atoms with Gasteiger partial charge in [-0.15, -0.1) is 0 Å². The Kier molecular flexibility index (Phi) is 12.4. The van der Waals surface area contributed by atoms with E-state index in [-0.39, 0.29) is 50.3 Å². The SMILES string of the molecule is N=C(N)NCCC[C@H](NC(=O)[C@@H]1C(C(=O)C2CC3CCCCC3N2)CCN1C(=O)OCc1ccccc1)C(=O)C(O[C]=O)c1ccccc1. The molecule has 2 aliphatic heterocycles. The normalized spacial score (nSPS) is 24.2. The fraction of sp³-hybridized carbons (Fsp3) is 0.500. The molecular formula is C36H45N6O7. The lowest BCUT2D eigenvalue weighted by molar-refractivity contribution is -0.136. The van der Waals surface area contributed by atoms with Gasteiger partial charge in [-0.05, 0) is 50.0 Å². The Morgan fingerprint density at radius 3 is 2.43 bits per heavy atom. The largest absolute Gasteiger partial charge is 0.445 e. The lowest BCUT2D eigenvalue weighted by atomic mass is 9.83. The minimum atomic E-state index is -1.36. The number of fused-ring (bicyclic) bond motifs is 1. The van der Waals surface area contributed by atoms with Crippen LogP contribution in [-0.4, -0.2) is 78.2 Å². The van der Waals surface area contributed by atoms with E-state index < -0.39 is 47.9 Å². The minimum Gasteiger partial charge on any atom is -0.445 e. The Hall–Kier alpha value is -4.78. The standard InChI is InChI=1S/C36H45N6O7/c37-35(38)39-18-9-16-28(32(45)33(49-22-43)24-12-5-2-6-13-24)41-34(46)30-26(31(44)29-20-25-14-7-8-15-27(25)40-29)17-19-42(30)36(47)48-21-23-10-3-1-4-11-23/h1-6,10-13,25-30,33,40H,7-9,14-21H2,(H,41,46)(H4,37,38,39)/t25?,26?,27?,28-,29?,30-,33?/m0/s1. The van der Waals surface area contributed by atoms with E-state index >= 15 is 0 Å². The van der Waals surface area contributed by atoms with Crippen molar-refractivity contribution in [1.82, 2.24) is 20.9 Å². The summed E-state index contributed by atoms with van der Waals surface area (Å²) in [6.45, 7) is 1.70. The Labute approximate surface area is 286 Å². The summed E-state index contributed by atoms with van der Waals surface area (Å²) in [5.41, 5.74) is 6.58. The van der Waals surface area contributed by atoms with Crippen molar-refractivity contribution in [2.24, 2.45) is 17.6 Å². The molecule has 1 radical (unpaired) electrons. The molecule has 0 aromatic heterocycles. The van der Waals surface area contributed by atoms with Crippen LogP contribution in [0.2, 0.25) is 0 Å². The highest BCUT2D eigenvalue weighted by atomic mass is 16.6. The molecular weight excluding hydrogens is 628 g/mol. The first-order valence-corrected chi connectivity index (χ1v) is 17.0. The van der Waals surface area contributed by atoms with Crippen molar-refractivity contribution in [1.29, 1.82) is 5.41 Å². The molecule has 13 nitrogen and oxygen atoms in total. The molecule has 7 atom stereocenters. The number of hydrogen-bond acceptors (Lipinski definition) is 9. The molecule has 5 rings (SSSR count). The van der Waals surface area contributed by atoms with E-state index in [1.165, 1.54) is 11.4 Å². The van der Waals surface area contributed by atoms with Crippen molar-refractivity contribution in [3.8, 4) is 0 Å². The number of nitrogens with two attached hydrogens (primary N) is 1. The molecule has 261 valence electrons. The van der Waals surface area contributed by atoms with Gasteiger partial charge < -0.3 is 31.2 Å². The Morgan fingerprint density at radius 1 is 1.02 bits per heavy atom. The number of rotatable bonds is 15. The fourth-order valence-corrected chi connectivity index (χ4v) is 7.44. The quantitative estimate of drug-likeness (QED) is 0.107. The van der Waals surface area contributed by atoms with Crippen LogP contribution in [-0.2, 0) is 35.3 Å². The molecule has 5 unspecified atom stereocenters. The Balaban J connectivity index is 1.38. The number of carbonyl (C=O) groups is 4. The van der Waals surface area contributed by atoms with Crippen LogP contribution in [0.3, 0.4) is 0 Å².